The SMILES string of the molecule is Cc1noc([C@H]2C[C@H](O)CN2S(=O)(=O)c2cc(Cl)cc3c2OCC3)n1. The summed E-state index contributed by atoms with van der Waals surface area (Å²) in [6.07, 6.45) is -0.0298. The molecule has 134 valence electrons. The fraction of sp³-hybridized carbons (Fsp3) is 0.467. The Labute approximate surface area is 149 Å². The van der Waals surface area contributed by atoms with Crippen molar-refractivity contribution in [1.29, 1.82) is 0 Å². The quantitative estimate of drug-likeness (QED) is 0.852. The van der Waals surface area contributed by atoms with Crippen molar-refractivity contribution in [1.82, 2.24) is 14.4 Å². The van der Waals surface area contributed by atoms with Gasteiger partial charge in [-0.05, 0) is 19.1 Å². The normalized spacial score (nSPS) is 23.6. The van der Waals surface area contributed by atoms with E-state index in [-0.39, 0.29) is 23.8 Å². The van der Waals surface area contributed by atoms with E-state index < -0.39 is 22.2 Å². The summed E-state index contributed by atoms with van der Waals surface area (Å²) < 4.78 is 38.4. The van der Waals surface area contributed by atoms with E-state index in [2.05, 4.69) is 10.1 Å². The summed E-state index contributed by atoms with van der Waals surface area (Å²) in [4.78, 5) is 4.12. The third kappa shape index (κ3) is 2.80. The van der Waals surface area contributed by atoms with Gasteiger partial charge in [0.1, 0.15) is 16.7 Å². The van der Waals surface area contributed by atoms with E-state index >= 15 is 0 Å². The van der Waals surface area contributed by atoms with Gasteiger partial charge in [0.05, 0.1) is 12.7 Å². The molecule has 2 aliphatic heterocycles. The number of hydrogen-bond acceptors (Lipinski definition) is 7. The largest absolute Gasteiger partial charge is 0.492 e. The molecule has 25 heavy (non-hydrogen) atoms. The lowest BCUT2D eigenvalue weighted by molar-refractivity contribution is 0.188. The van der Waals surface area contributed by atoms with Crippen LogP contribution in [0.25, 0.3) is 0 Å². The summed E-state index contributed by atoms with van der Waals surface area (Å²) >= 11 is 6.10. The maximum absolute atomic E-state index is 13.3. The molecular weight excluding hydrogens is 370 g/mol. The van der Waals surface area contributed by atoms with Crippen LogP contribution in [0.3, 0.4) is 0 Å². The monoisotopic (exact) mass is 385 g/mol. The van der Waals surface area contributed by atoms with Gasteiger partial charge in [0.25, 0.3) is 0 Å². The molecule has 1 N–H and O–H groups in total. The van der Waals surface area contributed by atoms with Crippen LogP contribution in [0, 0.1) is 6.92 Å². The van der Waals surface area contributed by atoms with E-state index in [1.54, 1.807) is 13.0 Å². The Bertz CT molecular complexity index is 929. The highest BCUT2D eigenvalue weighted by atomic mass is 35.5. The van der Waals surface area contributed by atoms with Gasteiger partial charge in [-0.2, -0.15) is 9.29 Å². The first kappa shape index (κ1) is 16.8. The zero-order chi connectivity index (χ0) is 17.8. The molecule has 8 nitrogen and oxygen atoms in total. The maximum atomic E-state index is 13.3. The van der Waals surface area contributed by atoms with Gasteiger partial charge in [-0.25, -0.2) is 8.42 Å². The van der Waals surface area contributed by atoms with Crippen LogP contribution in [0.2, 0.25) is 5.02 Å². The van der Waals surface area contributed by atoms with Crippen molar-refractivity contribution >= 4 is 21.6 Å². The molecule has 0 saturated carbocycles. The zero-order valence-corrected chi connectivity index (χ0v) is 14.9. The summed E-state index contributed by atoms with van der Waals surface area (Å²) in [7, 11) is -3.97. The second-order valence-electron chi connectivity index (χ2n) is 6.15. The maximum Gasteiger partial charge on any atom is 0.247 e. The second kappa shape index (κ2) is 5.94. The Morgan fingerprint density at radius 1 is 1.40 bits per heavy atom. The molecule has 0 spiro atoms. The van der Waals surface area contributed by atoms with Gasteiger partial charge in [0.15, 0.2) is 5.82 Å². The number of hydrogen-bond donors (Lipinski definition) is 1. The lowest BCUT2D eigenvalue weighted by Crippen LogP contribution is -2.32. The van der Waals surface area contributed by atoms with Crippen LogP contribution in [0.1, 0.15) is 29.7 Å². The van der Waals surface area contributed by atoms with E-state index in [0.717, 1.165) is 5.56 Å². The van der Waals surface area contributed by atoms with Crippen LogP contribution in [0.5, 0.6) is 5.75 Å². The molecular formula is C15H16ClN3O5S. The van der Waals surface area contributed by atoms with Gasteiger partial charge in [-0.1, -0.05) is 16.8 Å². The first-order valence-corrected chi connectivity index (χ1v) is 9.63. The summed E-state index contributed by atoms with van der Waals surface area (Å²) in [6.45, 7) is 2.00. The predicted octanol–water partition coefficient (Wildman–Crippen LogP) is 1.46. The van der Waals surface area contributed by atoms with Gasteiger partial charge in [0.2, 0.25) is 15.9 Å². The average molecular weight is 386 g/mol. The molecule has 0 unspecified atom stereocenters. The number of benzene rings is 1. The number of aryl methyl sites for hydroxylation is 1. The highest BCUT2D eigenvalue weighted by Crippen LogP contribution is 2.42. The van der Waals surface area contributed by atoms with Crippen LogP contribution in [0.4, 0.5) is 0 Å². The highest BCUT2D eigenvalue weighted by molar-refractivity contribution is 7.89. The Morgan fingerprint density at radius 3 is 2.92 bits per heavy atom. The second-order valence-corrected chi connectivity index (χ2v) is 8.45. The predicted molar refractivity (Wildman–Crippen MR) is 86.9 cm³/mol. The molecule has 1 saturated heterocycles. The fourth-order valence-electron chi connectivity index (χ4n) is 3.28. The number of aliphatic hydroxyl groups excluding tert-OH is 1. The summed E-state index contributed by atoms with van der Waals surface area (Å²) in [5, 5.41) is 14.1. The van der Waals surface area contributed by atoms with Gasteiger partial charge in [0, 0.05) is 30.0 Å². The number of nitrogens with zero attached hydrogens (tertiary/aromatic N) is 3. The number of sulfonamides is 1. The molecule has 2 atom stereocenters. The summed E-state index contributed by atoms with van der Waals surface area (Å²) in [5.74, 6) is 0.893. The molecule has 0 aliphatic carbocycles. The van der Waals surface area contributed by atoms with Crippen LogP contribution in [0.15, 0.2) is 21.6 Å². The number of fused-ring (bicyclic) bond motifs is 1. The topological polar surface area (TPSA) is 106 Å². The van der Waals surface area contributed by atoms with E-state index in [0.29, 0.717) is 29.6 Å². The lowest BCUT2D eigenvalue weighted by Gasteiger charge is -2.22. The highest BCUT2D eigenvalue weighted by Gasteiger charge is 2.44. The average Bonchev–Trinajstić information content (AvgIpc) is 3.25. The van der Waals surface area contributed by atoms with E-state index in [1.165, 1.54) is 10.4 Å². The molecule has 3 heterocycles. The number of halogens is 1. The molecule has 0 bridgehead atoms. The standard InChI is InChI=1S/C15H16ClN3O5S/c1-8-17-15(24-18-8)12-6-11(20)7-19(12)25(21,22)13-5-10(16)4-9-2-3-23-14(9)13/h4-5,11-12,20H,2-3,6-7H2,1H3/t11-,12+/m0/s1. The summed E-state index contributed by atoms with van der Waals surface area (Å²) in [6, 6.07) is 2.36. The first-order chi connectivity index (χ1) is 11.9. The van der Waals surface area contributed by atoms with E-state index in [4.69, 9.17) is 20.9 Å². The van der Waals surface area contributed by atoms with Crippen LogP contribution in [-0.2, 0) is 16.4 Å². The minimum Gasteiger partial charge on any atom is -0.492 e. The summed E-state index contributed by atoms with van der Waals surface area (Å²) in [5.41, 5.74) is 0.760. The van der Waals surface area contributed by atoms with Crippen LogP contribution >= 0.6 is 11.6 Å². The number of rotatable bonds is 3. The zero-order valence-electron chi connectivity index (χ0n) is 13.3. The smallest absolute Gasteiger partial charge is 0.247 e. The van der Waals surface area contributed by atoms with Gasteiger partial charge >= 0.3 is 0 Å². The van der Waals surface area contributed by atoms with Crippen molar-refractivity contribution in [2.24, 2.45) is 0 Å². The molecule has 1 aromatic heterocycles. The minimum absolute atomic E-state index is 0.00263. The number of aliphatic hydroxyl groups is 1. The number of ether oxygens (including phenoxy) is 1. The third-order valence-corrected chi connectivity index (χ3v) is 6.46. The Kier molecular flexibility index (Phi) is 3.99. The van der Waals surface area contributed by atoms with Crippen molar-refractivity contribution < 1.29 is 22.8 Å². The molecule has 1 fully saturated rings. The molecule has 2 aromatic rings. The molecule has 2 aliphatic rings. The van der Waals surface area contributed by atoms with Gasteiger partial charge in [-0.15, -0.1) is 0 Å². The third-order valence-electron chi connectivity index (χ3n) is 4.36. The van der Waals surface area contributed by atoms with Crippen LogP contribution in [-0.4, -0.2) is 47.2 Å². The van der Waals surface area contributed by atoms with Gasteiger partial charge in [-0.3, -0.25) is 0 Å². The van der Waals surface area contributed by atoms with E-state index in [9.17, 15) is 13.5 Å². The van der Waals surface area contributed by atoms with Crippen molar-refractivity contribution in [3.63, 3.8) is 0 Å². The number of β-amino-alcohol motifs (C(OH)–C–C–N with tert-alkyl or cyclic N) is 1. The Hall–Kier alpha value is -1.68. The van der Waals surface area contributed by atoms with Crippen molar-refractivity contribution in [2.75, 3.05) is 13.2 Å². The molecule has 0 amide bonds. The number of aromatic nitrogens is 2. The molecule has 1 aromatic carbocycles. The fourth-order valence-corrected chi connectivity index (χ4v) is 5.41. The first-order valence-electron chi connectivity index (χ1n) is 7.81. The molecule has 10 heteroatoms. The molecule has 4 rings (SSSR count). The Balaban J connectivity index is 1.80. The van der Waals surface area contributed by atoms with Crippen molar-refractivity contribution in [3.8, 4) is 5.75 Å². The Morgan fingerprint density at radius 2 is 2.20 bits per heavy atom. The van der Waals surface area contributed by atoms with Gasteiger partial charge < -0.3 is 14.4 Å². The minimum atomic E-state index is -3.97. The van der Waals surface area contributed by atoms with Crippen molar-refractivity contribution in [3.05, 3.63) is 34.4 Å². The van der Waals surface area contributed by atoms with Crippen molar-refractivity contribution in [2.45, 2.75) is 36.8 Å². The van der Waals surface area contributed by atoms with E-state index in [1.807, 2.05) is 0 Å². The molecule has 0 radical (unpaired) electrons. The van der Waals surface area contributed by atoms with Crippen LogP contribution < -0.4 is 4.74 Å². The lowest BCUT2D eigenvalue weighted by atomic mass is 10.2.